The lowest BCUT2D eigenvalue weighted by Crippen LogP contribution is -2.20. The summed E-state index contributed by atoms with van der Waals surface area (Å²) >= 11 is 0. The lowest BCUT2D eigenvalue weighted by atomic mass is 10.3. The topological polar surface area (TPSA) is 146 Å². The molecule has 0 unspecified atom stereocenters. The Morgan fingerprint density at radius 3 is 2.95 bits per heavy atom. The molecular weight excluding hydrogens is 291 g/mol. The first-order valence-electron chi connectivity index (χ1n) is 5.10. The number of nitrogens with zero attached hydrogens (tertiary/aromatic N) is 3. The number of rotatable bonds is 4. The molecular formula is C9H9FN6O3S. The molecule has 0 saturated heterocycles. The number of aromatic amines is 1. The standard InChI is InChI=1S/C9H9FN6O3S/c10-6-2-1-3-12-9(6)20(18,19)16-8-5(4-13-14-8)7(11)15-17/h1-4,17H,(H2,11,15)(H2,13,14,16). The van der Waals surface area contributed by atoms with Gasteiger partial charge in [-0.05, 0) is 12.1 Å². The first kappa shape index (κ1) is 13.7. The highest BCUT2D eigenvalue weighted by Crippen LogP contribution is 2.17. The van der Waals surface area contributed by atoms with E-state index in [1.165, 1.54) is 6.07 Å². The Kier molecular flexibility index (Phi) is 3.52. The molecule has 106 valence electrons. The van der Waals surface area contributed by atoms with Crippen LogP contribution in [0.4, 0.5) is 10.2 Å². The summed E-state index contributed by atoms with van der Waals surface area (Å²) in [5, 5.41) is 16.4. The second-order valence-corrected chi connectivity index (χ2v) is 5.14. The second kappa shape index (κ2) is 5.13. The van der Waals surface area contributed by atoms with Crippen LogP contribution in [0.5, 0.6) is 0 Å². The number of pyridine rings is 1. The molecule has 0 amide bonds. The number of H-pyrrole nitrogens is 1. The molecule has 0 aliphatic rings. The number of oxime groups is 1. The summed E-state index contributed by atoms with van der Waals surface area (Å²) in [6.45, 7) is 0. The summed E-state index contributed by atoms with van der Waals surface area (Å²) in [6, 6.07) is 2.21. The van der Waals surface area contributed by atoms with Crippen molar-refractivity contribution in [1.29, 1.82) is 0 Å². The highest BCUT2D eigenvalue weighted by atomic mass is 32.2. The molecule has 0 fully saturated rings. The Balaban J connectivity index is 2.40. The van der Waals surface area contributed by atoms with E-state index >= 15 is 0 Å². The maximum absolute atomic E-state index is 13.4. The van der Waals surface area contributed by atoms with E-state index in [9.17, 15) is 12.8 Å². The molecule has 2 aromatic rings. The number of halogens is 1. The first-order chi connectivity index (χ1) is 9.45. The molecule has 0 aliphatic carbocycles. The van der Waals surface area contributed by atoms with Crippen LogP contribution in [0.1, 0.15) is 5.56 Å². The van der Waals surface area contributed by atoms with Gasteiger partial charge in [0, 0.05) is 6.20 Å². The molecule has 2 rings (SSSR count). The molecule has 0 aliphatic heterocycles. The van der Waals surface area contributed by atoms with Gasteiger partial charge in [-0.2, -0.15) is 13.5 Å². The molecule has 5 N–H and O–H groups in total. The third-order valence-electron chi connectivity index (χ3n) is 2.24. The molecule has 9 nitrogen and oxygen atoms in total. The van der Waals surface area contributed by atoms with E-state index in [0.29, 0.717) is 0 Å². The van der Waals surface area contributed by atoms with Gasteiger partial charge < -0.3 is 10.9 Å². The fourth-order valence-electron chi connectivity index (χ4n) is 1.36. The van der Waals surface area contributed by atoms with E-state index in [4.69, 9.17) is 10.9 Å². The van der Waals surface area contributed by atoms with Gasteiger partial charge in [0.15, 0.2) is 11.7 Å². The van der Waals surface area contributed by atoms with Crippen molar-refractivity contribution in [2.45, 2.75) is 5.03 Å². The van der Waals surface area contributed by atoms with Crippen molar-refractivity contribution in [2.24, 2.45) is 10.9 Å². The van der Waals surface area contributed by atoms with Crippen molar-refractivity contribution in [3.05, 3.63) is 35.9 Å². The number of anilines is 1. The summed E-state index contributed by atoms with van der Waals surface area (Å²) < 4.78 is 39.4. The predicted octanol–water partition coefficient (Wildman–Crippen LogP) is -0.161. The van der Waals surface area contributed by atoms with Gasteiger partial charge >= 0.3 is 0 Å². The molecule has 0 spiro atoms. The summed E-state index contributed by atoms with van der Waals surface area (Å²) in [5.41, 5.74) is 5.35. The van der Waals surface area contributed by atoms with Crippen LogP contribution in [0.15, 0.2) is 34.7 Å². The van der Waals surface area contributed by atoms with E-state index in [2.05, 4.69) is 20.3 Å². The molecule has 2 heterocycles. The van der Waals surface area contributed by atoms with Crippen molar-refractivity contribution in [3.63, 3.8) is 0 Å². The second-order valence-electron chi connectivity index (χ2n) is 3.54. The van der Waals surface area contributed by atoms with Crippen LogP contribution in [0.3, 0.4) is 0 Å². The fraction of sp³-hybridized carbons (Fsp3) is 0. The minimum Gasteiger partial charge on any atom is -0.409 e. The smallest absolute Gasteiger partial charge is 0.283 e. The third kappa shape index (κ3) is 2.51. The van der Waals surface area contributed by atoms with Crippen molar-refractivity contribution >= 4 is 21.7 Å². The SMILES string of the molecule is N/C(=N/O)c1cn[nH]c1NS(=O)(=O)c1ncccc1F. The molecule has 0 aromatic carbocycles. The maximum atomic E-state index is 13.4. The number of hydrogen-bond acceptors (Lipinski definition) is 6. The van der Waals surface area contributed by atoms with Gasteiger partial charge in [0.25, 0.3) is 10.0 Å². The van der Waals surface area contributed by atoms with Gasteiger partial charge in [0.05, 0.1) is 11.8 Å². The van der Waals surface area contributed by atoms with Crippen LogP contribution >= 0.6 is 0 Å². The zero-order valence-corrected chi connectivity index (χ0v) is 10.6. The van der Waals surface area contributed by atoms with E-state index in [1.54, 1.807) is 0 Å². The number of sulfonamides is 1. The summed E-state index contributed by atoms with van der Waals surface area (Å²) in [7, 11) is -4.28. The van der Waals surface area contributed by atoms with Crippen molar-refractivity contribution in [2.75, 3.05) is 4.72 Å². The summed E-state index contributed by atoms with van der Waals surface area (Å²) in [6.07, 6.45) is 2.27. The number of aromatic nitrogens is 3. The van der Waals surface area contributed by atoms with Gasteiger partial charge in [0.2, 0.25) is 5.03 Å². The van der Waals surface area contributed by atoms with Crippen LogP contribution < -0.4 is 10.5 Å². The summed E-state index contributed by atoms with van der Waals surface area (Å²) in [5.74, 6) is -1.55. The van der Waals surface area contributed by atoms with Crippen molar-refractivity contribution in [3.8, 4) is 0 Å². The predicted molar refractivity (Wildman–Crippen MR) is 66.1 cm³/mol. The molecule has 20 heavy (non-hydrogen) atoms. The Hall–Kier alpha value is -2.69. The molecule has 11 heteroatoms. The van der Waals surface area contributed by atoms with Crippen LogP contribution in [0, 0.1) is 5.82 Å². The van der Waals surface area contributed by atoms with E-state index < -0.39 is 20.9 Å². The van der Waals surface area contributed by atoms with Crippen LogP contribution in [0.25, 0.3) is 0 Å². The van der Waals surface area contributed by atoms with Gasteiger partial charge in [-0.1, -0.05) is 5.16 Å². The Labute approximate surface area is 112 Å². The molecule has 0 radical (unpaired) electrons. The lowest BCUT2D eigenvalue weighted by Gasteiger charge is -2.07. The Bertz CT molecular complexity index is 757. The van der Waals surface area contributed by atoms with Crippen molar-refractivity contribution < 1.29 is 18.0 Å². The molecule has 0 saturated carbocycles. The van der Waals surface area contributed by atoms with Crippen LogP contribution in [0.2, 0.25) is 0 Å². The Morgan fingerprint density at radius 1 is 1.55 bits per heavy atom. The van der Waals surface area contributed by atoms with E-state index in [1.807, 2.05) is 4.72 Å². The van der Waals surface area contributed by atoms with Gasteiger partial charge in [0.1, 0.15) is 5.82 Å². The van der Waals surface area contributed by atoms with Gasteiger partial charge in [-0.25, -0.2) is 9.37 Å². The first-order valence-corrected chi connectivity index (χ1v) is 6.58. The normalized spacial score (nSPS) is 12.3. The van der Waals surface area contributed by atoms with E-state index in [-0.39, 0.29) is 17.2 Å². The number of nitrogens with one attached hydrogen (secondary N) is 2. The highest BCUT2D eigenvalue weighted by Gasteiger charge is 2.23. The monoisotopic (exact) mass is 300 g/mol. The zero-order chi connectivity index (χ0) is 14.8. The summed E-state index contributed by atoms with van der Waals surface area (Å²) in [4.78, 5) is 3.45. The molecule has 2 aromatic heterocycles. The van der Waals surface area contributed by atoms with E-state index in [0.717, 1.165) is 18.5 Å². The zero-order valence-electron chi connectivity index (χ0n) is 9.78. The maximum Gasteiger partial charge on any atom is 0.283 e. The number of amidine groups is 1. The van der Waals surface area contributed by atoms with Crippen LogP contribution in [-0.4, -0.2) is 34.6 Å². The van der Waals surface area contributed by atoms with Gasteiger partial charge in [-0.3, -0.25) is 9.82 Å². The highest BCUT2D eigenvalue weighted by molar-refractivity contribution is 7.92. The molecule has 0 atom stereocenters. The fourth-order valence-corrected chi connectivity index (χ4v) is 2.41. The number of hydrogen-bond donors (Lipinski definition) is 4. The average Bonchev–Trinajstić information content (AvgIpc) is 2.85. The molecule has 0 bridgehead atoms. The van der Waals surface area contributed by atoms with Gasteiger partial charge in [-0.15, -0.1) is 0 Å². The third-order valence-corrected chi connectivity index (χ3v) is 3.52. The largest absolute Gasteiger partial charge is 0.409 e. The minimum atomic E-state index is -4.28. The minimum absolute atomic E-state index is 0.00687. The van der Waals surface area contributed by atoms with Crippen LogP contribution in [-0.2, 0) is 10.0 Å². The van der Waals surface area contributed by atoms with Crippen molar-refractivity contribution in [1.82, 2.24) is 15.2 Å². The lowest BCUT2D eigenvalue weighted by molar-refractivity contribution is 0.318. The Morgan fingerprint density at radius 2 is 2.30 bits per heavy atom. The average molecular weight is 300 g/mol. The quantitative estimate of drug-likeness (QED) is 0.267. The number of nitrogens with two attached hydrogens (primary N) is 1.